The molecule has 0 radical (unpaired) electrons. The van der Waals surface area contributed by atoms with Gasteiger partial charge >= 0.3 is 24.0 Å². The van der Waals surface area contributed by atoms with Gasteiger partial charge in [0.1, 0.15) is 10.6 Å². The van der Waals surface area contributed by atoms with Gasteiger partial charge in [0, 0.05) is 23.4 Å². The summed E-state index contributed by atoms with van der Waals surface area (Å²) in [4.78, 5) is 24.1. The lowest BCUT2D eigenvalue weighted by atomic mass is 9.48. The van der Waals surface area contributed by atoms with E-state index in [1.165, 1.54) is 0 Å². The Morgan fingerprint density at radius 3 is 2.00 bits per heavy atom. The average Bonchev–Trinajstić information content (AvgIpc) is 3.29. The number of hydrogen-bond donors (Lipinski definition) is 2. The number of aliphatic carboxylic acids is 1. The number of amides is 1. The first-order valence-electron chi connectivity index (χ1n) is 14.8. The monoisotopic (exact) mass is 679 g/mol. The van der Waals surface area contributed by atoms with Crippen LogP contribution in [0.1, 0.15) is 61.6 Å². The summed E-state index contributed by atoms with van der Waals surface area (Å²) in [5.41, 5.74) is -7.91. The van der Waals surface area contributed by atoms with E-state index in [-0.39, 0.29) is 53.0 Å². The van der Waals surface area contributed by atoms with Crippen LogP contribution < -0.4 is 5.32 Å². The molecular formula is C31H29F8NO5S. The number of halogens is 8. The first kappa shape index (κ1) is 32.7. The van der Waals surface area contributed by atoms with Crippen LogP contribution in [0.2, 0.25) is 0 Å². The minimum atomic E-state index is -6.36. The third-order valence-corrected chi connectivity index (χ3v) is 13.3. The van der Waals surface area contributed by atoms with Crippen molar-refractivity contribution < 1.29 is 58.2 Å². The van der Waals surface area contributed by atoms with Crippen LogP contribution in [-0.2, 0) is 36.3 Å². The molecule has 2 N–H and O–H groups in total. The Morgan fingerprint density at radius 1 is 0.848 bits per heavy atom. The second kappa shape index (κ2) is 10.4. The zero-order chi connectivity index (χ0) is 33.7. The standard InChI is InChI=1S/C31H29F8NO5S/c32-20-3-5-21(6-4-20)46(44,45)28-10-9-24(40-25(41)17-12-27(13-17)14-18(15-27)26(42)43)23(28)7-1-16-11-19(2-8-22(16)28)29(33,30(34,35)36)31(37,38)39/h2-6,8,11,17-18,23-24H,1,7,9-10,12-15H2,(H,40,41)(H,42,43)/t17?,18?,23-,24+,27?,28+/m0/s1. The van der Waals surface area contributed by atoms with Gasteiger partial charge in [-0.05, 0) is 92.2 Å². The SMILES string of the molecule is O=C(O)C1CC2(C1)CC(C(=O)N[C@@H]1CC[C@@]3(S(=O)(=O)c4ccc(F)cc4)c4ccc(C(F)(C(F)(F)F)C(F)(F)F)cc4CC[C@@H]13)C2. The highest BCUT2D eigenvalue weighted by molar-refractivity contribution is 7.92. The molecule has 3 atom stereocenters. The number of carboxylic acid groups (broad SMARTS) is 1. The van der Waals surface area contributed by atoms with Crippen LogP contribution in [0.15, 0.2) is 47.4 Å². The van der Waals surface area contributed by atoms with Crippen LogP contribution in [0.25, 0.3) is 0 Å². The Balaban J connectivity index is 1.35. The van der Waals surface area contributed by atoms with Crippen molar-refractivity contribution in [2.75, 3.05) is 0 Å². The number of alkyl halides is 7. The van der Waals surface area contributed by atoms with Crippen molar-refractivity contribution in [2.45, 2.75) is 85.1 Å². The molecule has 6 rings (SSSR count). The van der Waals surface area contributed by atoms with Crippen molar-refractivity contribution in [3.8, 4) is 0 Å². The Morgan fingerprint density at radius 2 is 1.43 bits per heavy atom. The largest absolute Gasteiger partial charge is 0.481 e. The van der Waals surface area contributed by atoms with Crippen LogP contribution in [0.5, 0.6) is 0 Å². The summed E-state index contributed by atoms with van der Waals surface area (Å²) in [6.07, 6.45) is -11.1. The number of hydrogen-bond acceptors (Lipinski definition) is 4. The summed E-state index contributed by atoms with van der Waals surface area (Å²) >= 11 is 0. The van der Waals surface area contributed by atoms with Crippen molar-refractivity contribution in [1.82, 2.24) is 5.32 Å². The molecule has 0 heterocycles. The number of carboxylic acids is 1. The summed E-state index contributed by atoms with van der Waals surface area (Å²) in [6.45, 7) is 0. The molecule has 3 fully saturated rings. The number of sulfone groups is 1. The number of carbonyl (C=O) groups excluding carboxylic acids is 1. The fourth-order valence-electron chi connectivity index (χ4n) is 8.52. The van der Waals surface area contributed by atoms with Gasteiger partial charge in [-0.1, -0.05) is 18.2 Å². The molecule has 3 saturated carbocycles. The number of rotatable bonds is 6. The van der Waals surface area contributed by atoms with E-state index in [2.05, 4.69) is 5.32 Å². The van der Waals surface area contributed by atoms with Gasteiger partial charge < -0.3 is 10.4 Å². The number of nitrogens with one attached hydrogen (secondary N) is 1. The highest BCUT2D eigenvalue weighted by atomic mass is 32.2. The first-order valence-corrected chi connectivity index (χ1v) is 16.2. The normalized spacial score (nSPS) is 31.0. The smallest absolute Gasteiger partial charge is 0.435 e. The van der Waals surface area contributed by atoms with Crippen LogP contribution in [0.4, 0.5) is 35.1 Å². The van der Waals surface area contributed by atoms with Gasteiger partial charge in [-0.25, -0.2) is 17.2 Å². The van der Waals surface area contributed by atoms with Gasteiger partial charge in [0.25, 0.3) is 0 Å². The van der Waals surface area contributed by atoms with Crippen molar-refractivity contribution in [3.05, 3.63) is 65.0 Å². The summed E-state index contributed by atoms with van der Waals surface area (Å²) in [7, 11) is -4.52. The van der Waals surface area contributed by atoms with Crippen LogP contribution in [0, 0.1) is 29.0 Å². The van der Waals surface area contributed by atoms with Gasteiger partial charge in [0.15, 0.2) is 9.84 Å². The van der Waals surface area contributed by atoms with Gasteiger partial charge in [-0.2, -0.15) is 26.3 Å². The van der Waals surface area contributed by atoms with Crippen LogP contribution in [0.3, 0.4) is 0 Å². The van der Waals surface area contributed by atoms with Crippen molar-refractivity contribution in [3.63, 3.8) is 0 Å². The first-order chi connectivity index (χ1) is 21.3. The molecule has 1 spiro atoms. The molecule has 0 bridgehead atoms. The van der Waals surface area contributed by atoms with Gasteiger partial charge in [0.05, 0.1) is 10.8 Å². The van der Waals surface area contributed by atoms with E-state index in [9.17, 15) is 58.2 Å². The van der Waals surface area contributed by atoms with E-state index in [0.29, 0.717) is 37.8 Å². The minimum Gasteiger partial charge on any atom is -0.481 e. The van der Waals surface area contributed by atoms with Gasteiger partial charge in [0.2, 0.25) is 5.91 Å². The third kappa shape index (κ3) is 4.65. The van der Waals surface area contributed by atoms with E-state index in [1.807, 2.05) is 0 Å². The maximum absolute atomic E-state index is 15.0. The molecule has 250 valence electrons. The molecular weight excluding hydrogens is 650 g/mol. The molecule has 2 aromatic rings. The average molecular weight is 680 g/mol. The molecule has 15 heteroatoms. The molecule has 2 aromatic carbocycles. The minimum absolute atomic E-state index is 0.0615. The quantitative estimate of drug-likeness (QED) is 0.268. The van der Waals surface area contributed by atoms with Crippen molar-refractivity contribution >= 4 is 21.7 Å². The highest BCUT2D eigenvalue weighted by Crippen LogP contribution is 2.62. The summed E-state index contributed by atoms with van der Waals surface area (Å²) < 4.78 is 137. The number of fused-ring (bicyclic) bond motifs is 3. The van der Waals surface area contributed by atoms with E-state index in [1.54, 1.807) is 0 Å². The molecule has 6 nitrogen and oxygen atoms in total. The summed E-state index contributed by atoms with van der Waals surface area (Å²) in [5.74, 6) is -3.70. The fourth-order valence-corrected chi connectivity index (χ4v) is 11.0. The summed E-state index contributed by atoms with van der Waals surface area (Å²) in [5, 5.41) is 12.1. The second-order valence-electron chi connectivity index (χ2n) is 13.2. The lowest BCUT2D eigenvalue weighted by Gasteiger charge is -2.56. The number of benzene rings is 2. The molecule has 46 heavy (non-hydrogen) atoms. The molecule has 1 amide bonds. The van der Waals surface area contributed by atoms with Gasteiger partial charge in [-0.15, -0.1) is 0 Å². The van der Waals surface area contributed by atoms with E-state index >= 15 is 0 Å². The Hall–Kier alpha value is -3.23. The third-order valence-electron chi connectivity index (χ3n) is 10.7. The van der Waals surface area contributed by atoms with E-state index in [4.69, 9.17) is 0 Å². The van der Waals surface area contributed by atoms with Crippen LogP contribution >= 0.6 is 0 Å². The number of aryl methyl sites for hydroxylation is 1. The van der Waals surface area contributed by atoms with Crippen molar-refractivity contribution in [2.24, 2.45) is 23.2 Å². The van der Waals surface area contributed by atoms with E-state index < -0.39 is 73.8 Å². The van der Waals surface area contributed by atoms with Gasteiger partial charge in [-0.3, -0.25) is 9.59 Å². The maximum atomic E-state index is 15.0. The van der Waals surface area contributed by atoms with E-state index in [0.717, 1.165) is 30.3 Å². The summed E-state index contributed by atoms with van der Waals surface area (Å²) in [6, 6.07) is 4.66. The molecule has 4 aliphatic rings. The Kier molecular flexibility index (Phi) is 7.38. The molecule has 0 aliphatic heterocycles. The lowest BCUT2D eigenvalue weighted by molar-refractivity contribution is -0.348. The zero-order valence-electron chi connectivity index (χ0n) is 24.0. The second-order valence-corrected chi connectivity index (χ2v) is 15.4. The van der Waals surface area contributed by atoms with Crippen molar-refractivity contribution in [1.29, 1.82) is 0 Å². The number of carbonyl (C=O) groups is 2. The topological polar surface area (TPSA) is 101 Å². The molecule has 0 unspecified atom stereocenters. The van der Waals surface area contributed by atoms with Crippen LogP contribution in [-0.4, -0.2) is 43.8 Å². The zero-order valence-corrected chi connectivity index (χ0v) is 24.8. The Bertz CT molecular complexity index is 1660. The molecule has 4 aliphatic carbocycles. The predicted octanol–water partition coefficient (Wildman–Crippen LogP) is 6.52. The fraction of sp³-hybridized carbons (Fsp3) is 0.548. The maximum Gasteiger partial charge on any atom is 0.435 e. The predicted molar refractivity (Wildman–Crippen MR) is 145 cm³/mol. The molecule has 0 saturated heterocycles. The lowest BCUT2D eigenvalue weighted by Crippen LogP contribution is -2.56. The Labute approximate surface area is 258 Å². The molecule has 0 aromatic heterocycles. The highest BCUT2D eigenvalue weighted by Gasteiger charge is 2.74.